The molecule has 9 heteroatoms. The predicted octanol–water partition coefficient (Wildman–Crippen LogP) is 5.15. The molecule has 174 valence electrons. The zero-order valence-corrected chi connectivity index (χ0v) is 19.3. The normalized spacial score (nSPS) is 15.6. The molecule has 0 bridgehead atoms. The van der Waals surface area contributed by atoms with Crippen molar-refractivity contribution in [2.75, 3.05) is 6.54 Å². The quantitative estimate of drug-likeness (QED) is 0.464. The van der Waals surface area contributed by atoms with Crippen molar-refractivity contribution in [2.24, 2.45) is 5.92 Å². The smallest absolute Gasteiger partial charge is 0.303 e. The van der Waals surface area contributed by atoms with Crippen LogP contribution in [0.5, 0.6) is 11.5 Å². The van der Waals surface area contributed by atoms with Crippen LogP contribution in [0.25, 0.3) is 22.8 Å². The van der Waals surface area contributed by atoms with E-state index in [0.29, 0.717) is 41.0 Å². The number of hydrogen-bond donors (Lipinski definition) is 2. The van der Waals surface area contributed by atoms with Gasteiger partial charge in [-0.15, -0.1) is 0 Å². The molecule has 0 aliphatic carbocycles. The lowest BCUT2D eigenvalue weighted by molar-refractivity contribution is -0.137. The number of nitrogens with zero attached hydrogens (tertiary/aromatic N) is 2. The van der Waals surface area contributed by atoms with Crippen molar-refractivity contribution in [3.63, 3.8) is 0 Å². The fourth-order valence-electron chi connectivity index (χ4n) is 3.79. The number of rotatable bonds is 8. The van der Waals surface area contributed by atoms with E-state index in [9.17, 15) is 4.79 Å². The van der Waals surface area contributed by atoms with Gasteiger partial charge >= 0.3 is 5.97 Å². The van der Waals surface area contributed by atoms with Gasteiger partial charge < -0.3 is 19.2 Å². The number of carboxylic acid groups (broad SMARTS) is 1. The number of aromatic nitrogens is 2. The predicted molar refractivity (Wildman–Crippen MR) is 123 cm³/mol. The number of hydrogen-bond acceptors (Lipinski definition) is 7. The Morgan fingerprint density at radius 2 is 2.09 bits per heavy atom. The fourth-order valence-corrected chi connectivity index (χ4v) is 4.01. The maximum atomic E-state index is 10.8. The van der Waals surface area contributed by atoms with Crippen LogP contribution in [0.2, 0.25) is 5.02 Å². The summed E-state index contributed by atoms with van der Waals surface area (Å²) in [7, 11) is 0. The monoisotopic (exact) mass is 471 g/mol. The summed E-state index contributed by atoms with van der Waals surface area (Å²) in [6.45, 7) is 4.54. The van der Waals surface area contributed by atoms with Crippen LogP contribution in [-0.2, 0) is 11.2 Å². The Kier molecular flexibility index (Phi) is 7.15. The first-order valence-electron chi connectivity index (χ1n) is 10.9. The molecule has 0 radical (unpaired) electrons. The molecule has 1 aromatic heterocycles. The molecule has 0 spiro atoms. The van der Waals surface area contributed by atoms with E-state index in [1.807, 2.05) is 38.1 Å². The minimum Gasteiger partial charge on any atom is -0.489 e. The minimum absolute atomic E-state index is 0.0208. The number of fused-ring (bicyclic) bond motifs is 1. The van der Waals surface area contributed by atoms with Gasteiger partial charge in [-0.05, 0) is 81.0 Å². The molecule has 0 saturated heterocycles. The Hall–Kier alpha value is -3.10. The Morgan fingerprint density at radius 3 is 2.85 bits per heavy atom. The lowest BCUT2D eigenvalue weighted by Crippen LogP contribution is -2.24. The Bertz CT molecular complexity index is 1130. The second kappa shape index (κ2) is 10.2. The van der Waals surface area contributed by atoms with Gasteiger partial charge in [0.2, 0.25) is 5.82 Å². The zero-order valence-electron chi connectivity index (χ0n) is 18.5. The van der Waals surface area contributed by atoms with Gasteiger partial charge in [0.15, 0.2) is 0 Å². The SMILES string of the molecule is CC(C)Oc1ccc(-c2nc(-c3ccc4c(c3)CC(CCCC(=O)O)CNO4)no2)cc1Cl. The summed E-state index contributed by atoms with van der Waals surface area (Å²) in [6.07, 6.45) is 2.40. The van der Waals surface area contributed by atoms with Gasteiger partial charge in [0.1, 0.15) is 11.5 Å². The summed E-state index contributed by atoms with van der Waals surface area (Å²) in [5.41, 5.74) is 5.51. The summed E-state index contributed by atoms with van der Waals surface area (Å²) in [5.74, 6) is 1.68. The molecule has 0 fully saturated rings. The molecule has 1 unspecified atom stereocenters. The molecule has 1 aliphatic heterocycles. The topological polar surface area (TPSA) is 107 Å². The van der Waals surface area contributed by atoms with Gasteiger partial charge in [-0.2, -0.15) is 10.5 Å². The van der Waals surface area contributed by atoms with Crippen LogP contribution >= 0.6 is 11.6 Å². The summed E-state index contributed by atoms with van der Waals surface area (Å²) in [5, 5.41) is 13.5. The third-order valence-electron chi connectivity index (χ3n) is 5.35. The van der Waals surface area contributed by atoms with Crippen LogP contribution < -0.4 is 15.1 Å². The number of benzene rings is 2. The van der Waals surface area contributed by atoms with Crippen molar-refractivity contribution in [3.05, 3.63) is 47.0 Å². The first kappa shape index (κ1) is 23.1. The first-order valence-corrected chi connectivity index (χ1v) is 11.3. The third kappa shape index (κ3) is 5.83. The van der Waals surface area contributed by atoms with E-state index in [1.165, 1.54) is 0 Å². The van der Waals surface area contributed by atoms with Crippen LogP contribution in [-0.4, -0.2) is 33.9 Å². The van der Waals surface area contributed by atoms with Gasteiger partial charge in [-0.25, -0.2) is 0 Å². The Morgan fingerprint density at radius 1 is 1.27 bits per heavy atom. The van der Waals surface area contributed by atoms with Gasteiger partial charge in [-0.1, -0.05) is 16.8 Å². The van der Waals surface area contributed by atoms with E-state index in [2.05, 4.69) is 15.6 Å². The third-order valence-corrected chi connectivity index (χ3v) is 5.65. The molecule has 8 nitrogen and oxygen atoms in total. The fraction of sp³-hybridized carbons (Fsp3) is 0.375. The maximum absolute atomic E-state index is 10.8. The summed E-state index contributed by atoms with van der Waals surface area (Å²) in [6, 6.07) is 11.1. The van der Waals surface area contributed by atoms with Crippen LogP contribution in [0.1, 0.15) is 38.7 Å². The van der Waals surface area contributed by atoms with E-state index in [0.717, 1.165) is 29.7 Å². The zero-order chi connectivity index (χ0) is 23.4. The Labute approximate surface area is 196 Å². The van der Waals surface area contributed by atoms with Crippen LogP contribution in [0.4, 0.5) is 0 Å². The molecular weight excluding hydrogens is 446 g/mol. The number of hydroxylamine groups is 1. The first-order chi connectivity index (χ1) is 15.9. The summed E-state index contributed by atoms with van der Waals surface area (Å²) < 4.78 is 11.2. The minimum atomic E-state index is -0.771. The van der Waals surface area contributed by atoms with Crippen LogP contribution in [0.15, 0.2) is 40.9 Å². The van der Waals surface area contributed by atoms with Crippen molar-refractivity contribution < 1.29 is 24.0 Å². The lowest BCUT2D eigenvalue weighted by atomic mass is 9.93. The van der Waals surface area contributed by atoms with E-state index < -0.39 is 5.97 Å². The number of aliphatic carboxylic acids is 1. The molecule has 1 atom stereocenters. The molecule has 1 aliphatic rings. The second-order valence-corrected chi connectivity index (χ2v) is 8.77. The summed E-state index contributed by atoms with van der Waals surface area (Å²) in [4.78, 5) is 21.0. The molecule has 2 heterocycles. The number of ether oxygens (including phenoxy) is 1. The molecule has 2 aromatic carbocycles. The van der Waals surface area contributed by atoms with Crippen molar-refractivity contribution >= 4 is 17.6 Å². The average molecular weight is 472 g/mol. The highest BCUT2D eigenvalue weighted by Gasteiger charge is 2.20. The molecule has 0 saturated carbocycles. The highest BCUT2D eigenvalue weighted by molar-refractivity contribution is 6.32. The van der Waals surface area contributed by atoms with Crippen molar-refractivity contribution in [1.82, 2.24) is 15.6 Å². The van der Waals surface area contributed by atoms with E-state index in [4.69, 9.17) is 30.8 Å². The number of carbonyl (C=O) groups is 1. The van der Waals surface area contributed by atoms with Crippen molar-refractivity contribution in [2.45, 2.75) is 45.6 Å². The molecule has 33 heavy (non-hydrogen) atoms. The number of carboxylic acids is 1. The highest BCUT2D eigenvalue weighted by Crippen LogP contribution is 2.33. The van der Waals surface area contributed by atoms with E-state index in [1.54, 1.807) is 12.1 Å². The van der Waals surface area contributed by atoms with E-state index >= 15 is 0 Å². The highest BCUT2D eigenvalue weighted by atomic mass is 35.5. The van der Waals surface area contributed by atoms with Crippen LogP contribution in [0.3, 0.4) is 0 Å². The van der Waals surface area contributed by atoms with Crippen molar-refractivity contribution in [3.8, 4) is 34.3 Å². The number of halogens is 1. The second-order valence-electron chi connectivity index (χ2n) is 8.36. The van der Waals surface area contributed by atoms with E-state index in [-0.39, 0.29) is 18.4 Å². The standard InChI is InChI=1S/C24H26ClN3O5/c1-14(2)31-21-9-7-17(12-19(21)25)24-27-23(28-33-24)16-6-8-20-18(11-16)10-15(13-26-32-20)4-3-5-22(29)30/h6-9,11-12,14-15,26H,3-5,10,13H2,1-2H3,(H,29,30). The van der Waals surface area contributed by atoms with Gasteiger partial charge in [0.25, 0.3) is 5.89 Å². The lowest BCUT2D eigenvalue weighted by Gasteiger charge is -2.12. The molecular formula is C24H26ClN3O5. The molecule has 2 N–H and O–H groups in total. The molecule has 3 aromatic rings. The molecule has 0 amide bonds. The maximum Gasteiger partial charge on any atom is 0.303 e. The average Bonchev–Trinajstić information content (AvgIpc) is 3.17. The van der Waals surface area contributed by atoms with Crippen molar-refractivity contribution in [1.29, 1.82) is 0 Å². The van der Waals surface area contributed by atoms with Gasteiger partial charge in [0, 0.05) is 24.1 Å². The Balaban J connectivity index is 1.51. The van der Waals surface area contributed by atoms with Crippen LogP contribution in [0, 0.1) is 5.92 Å². The molecule has 4 rings (SSSR count). The van der Waals surface area contributed by atoms with Gasteiger partial charge in [0.05, 0.1) is 11.1 Å². The largest absolute Gasteiger partial charge is 0.489 e. The van der Waals surface area contributed by atoms with Gasteiger partial charge in [-0.3, -0.25) is 4.79 Å². The number of nitrogens with one attached hydrogen (secondary N) is 1. The summed E-state index contributed by atoms with van der Waals surface area (Å²) >= 11 is 6.34.